The van der Waals surface area contributed by atoms with Crippen LogP contribution in [0.3, 0.4) is 0 Å². The van der Waals surface area contributed by atoms with Gasteiger partial charge >= 0.3 is 0 Å². The number of rotatable bonds is 8. The minimum atomic E-state index is -0.480. The molecule has 1 heterocycles. The van der Waals surface area contributed by atoms with Crippen LogP contribution in [0.1, 0.15) is 5.56 Å². The summed E-state index contributed by atoms with van der Waals surface area (Å²) in [4.78, 5) is 35.2. The van der Waals surface area contributed by atoms with Gasteiger partial charge in [-0.1, -0.05) is 30.3 Å². The van der Waals surface area contributed by atoms with E-state index in [0.29, 0.717) is 22.7 Å². The predicted molar refractivity (Wildman–Crippen MR) is 121 cm³/mol. The molecule has 166 valence electrons. The van der Waals surface area contributed by atoms with Crippen LogP contribution in [0.25, 0.3) is 6.08 Å². The maximum absolute atomic E-state index is 12.7. The summed E-state index contributed by atoms with van der Waals surface area (Å²) in [6, 6.07) is 21.6. The van der Waals surface area contributed by atoms with Crippen molar-refractivity contribution in [3.05, 3.63) is 100 Å². The number of non-ortho nitro benzene ring substituents is 1. The molecule has 0 atom stereocenters. The van der Waals surface area contributed by atoms with Gasteiger partial charge in [0.2, 0.25) is 0 Å². The molecule has 9 heteroatoms. The van der Waals surface area contributed by atoms with Crippen molar-refractivity contribution in [1.29, 1.82) is 0 Å². The number of hydrazine groups is 1. The van der Waals surface area contributed by atoms with Crippen molar-refractivity contribution in [3.63, 3.8) is 0 Å². The zero-order valence-corrected chi connectivity index (χ0v) is 17.3. The SMILES string of the molecule is O=C1NN(c2ccccc2)C(=O)/C1=C\c1cccc(OCCOc2ccc([N+](=O)[O-])cc2)c1. The van der Waals surface area contributed by atoms with Crippen molar-refractivity contribution >= 4 is 29.3 Å². The Bertz CT molecular complexity index is 1210. The number of nitrogens with one attached hydrogen (secondary N) is 1. The molecule has 0 spiro atoms. The number of benzene rings is 3. The zero-order chi connectivity index (χ0) is 23.2. The molecular weight excluding hydrogens is 426 g/mol. The van der Waals surface area contributed by atoms with Crippen LogP contribution >= 0.6 is 0 Å². The van der Waals surface area contributed by atoms with Gasteiger partial charge in [-0.2, -0.15) is 0 Å². The van der Waals surface area contributed by atoms with Crippen LogP contribution in [0, 0.1) is 10.1 Å². The van der Waals surface area contributed by atoms with Crippen molar-refractivity contribution in [3.8, 4) is 11.5 Å². The molecule has 0 saturated carbocycles. The molecule has 0 aromatic heterocycles. The lowest BCUT2D eigenvalue weighted by Gasteiger charge is -2.13. The second kappa shape index (κ2) is 9.65. The Morgan fingerprint density at radius 2 is 1.58 bits per heavy atom. The number of hydrogen-bond acceptors (Lipinski definition) is 6. The summed E-state index contributed by atoms with van der Waals surface area (Å²) >= 11 is 0. The van der Waals surface area contributed by atoms with Gasteiger partial charge in [-0.25, -0.2) is 5.01 Å². The third-order valence-corrected chi connectivity index (χ3v) is 4.74. The summed E-state index contributed by atoms with van der Waals surface area (Å²) < 4.78 is 11.2. The molecule has 3 aromatic rings. The first-order valence-electron chi connectivity index (χ1n) is 10.0. The van der Waals surface area contributed by atoms with E-state index in [1.165, 1.54) is 35.4 Å². The average molecular weight is 445 g/mol. The number of hydrogen-bond donors (Lipinski definition) is 1. The first kappa shape index (κ1) is 21.6. The molecule has 4 rings (SSSR count). The Morgan fingerprint density at radius 1 is 0.879 bits per heavy atom. The number of nitrogens with zero attached hydrogens (tertiary/aromatic N) is 2. The quantitative estimate of drug-likeness (QED) is 0.187. The lowest BCUT2D eigenvalue weighted by atomic mass is 10.1. The van der Waals surface area contributed by atoms with Gasteiger partial charge in [0.25, 0.3) is 17.5 Å². The summed E-state index contributed by atoms with van der Waals surface area (Å²) in [5, 5.41) is 11.9. The summed E-state index contributed by atoms with van der Waals surface area (Å²) in [5.74, 6) is 0.125. The number of anilines is 1. The Kier molecular flexibility index (Phi) is 6.31. The lowest BCUT2D eigenvalue weighted by molar-refractivity contribution is -0.384. The van der Waals surface area contributed by atoms with Gasteiger partial charge in [-0.15, -0.1) is 0 Å². The van der Waals surface area contributed by atoms with Crippen LogP contribution in [0.4, 0.5) is 11.4 Å². The van der Waals surface area contributed by atoms with E-state index in [0.717, 1.165) is 0 Å². The van der Waals surface area contributed by atoms with E-state index in [9.17, 15) is 19.7 Å². The molecule has 1 N–H and O–H groups in total. The number of nitro benzene ring substituents is 1. The smallest absolute Gasteiger partial charge is 0.282 e. The van der Waals surface area contributed by atoms with Crippen LogP contribution in [-0.2, 0) is 9.59 Å². The highest BCUT2D eigenvalue weighted by Gasteiger charge is 2.34. The molecule has 9 nitrogen and oxygen atoms in total. The van der Waals surface area contributed by atoms with E-state index >= 15 is 0 Å². The van der Waals surface area contributed by atoms with Crippen LogP contribution in [0.2, 0.25) is 0 Å². The third kappa shape index (κ3) is 5.16. The van der Waals surface area contributed by atoms with Gasteiger partial charge in [-0.05, 0) is 48.0 Å². The topological polar surface area (TPSA) is 111 Å². The summed E-state index contributed by atoms with van der Waals surface area (Å²) in [5.41, 5.74) is 3.79. The highest BCUT2D eigenvalue weighted by atomic mass is 16.6. The second-order valence-electron chi connectivity index (χ2n) is 7.00. The van der Waals surface area contributed by atoms with E-state index in [1.807, 2.05) is 6.07 Å². The van der Waals surface area contributed by atoms with Crippen LogP contribution in [-0.4, -0.2) is 30.0 Å². The standard InChI is InChI=1S/C24H19N3O6/c28-23-22(24(29)26(25-23)18-6-2-1-3-7-18)16-17-5-4-8-21(15-17)33-14-13-32-20-11-9-19(10-12-20)27(30)31/h1-12,15-16H,13-14H2,(H,25,28)/b22-16-. The summed E-state index contributed by atoms with van der Waals surface area (Å²) in [6.07, 6.45) is 1.51. The van der Waals surface area contributed by atoms with E-state index in [4.69, 9.17) is 9.47 Å². The molecule has 3 aromatic carbocycles. The van der Waals surface area contributed by atoms with Crippen LogP contribution in [0.5, 0.6) is 11.5 Å². The minimum Gasteiger partial charge on any atom is -0.490 e. The average Bonchev–Trinajstić information content (AvgIpc) is 3.11. The van der Waals surface area contributed by atoms with Crippen molar-refractivity contribution in [2.75, 3.05) is 18.2 Å². The Labute approximate surface area is 189 Å². The monoisotopic (exact) mass is 445 g/mol. The van der Waals surface area contributed by atoms with Gasteiger partial charge in [0.1, 0.15) is 30.3 Å². The highest BCUT2D eigenvalue weighted by Crippen LogP contribution is 2.23. The largest absolute Gasteiger partial charge is 0.490 e. The van der Waals surface area contributed by atoms with Crippen molar-refractivity contribution in [2.45, 2.75) is 0 Å². The maximum atomic E-state index is 12.7. The molecule has 1 saturated heterocycles. The summed E-state index contributed by atoms with van der Waals surface area (Å²) in [7, 11) is 0. The number of para-hydroxylation sites is 1. The molecule has 0 aliphatic carbocycles. The number of ether oxygens (including phenoxy) is 2. The zero-order valence-electron chi connectivity index (χ0n) is 17.3. The third-order valence-electron chi connectivity index (χ3n) is 4.74. The number of carbonyl (C=O) groups excluding carboxylic acids is 2. The van der Waals surface area contributed by atoms with E-state index in [2.05, 4.69) is 5.43 Å². The van der Waals surface area contributed by atoms with Gasteiger partial charge in [0.05, 0.1) is 10.6 Å². The highest BCUT2D eigenvalue weighted by molar-refractivity contribution is 6.31. The first-order chi connectivity index (χ1) is 16.0. The Balaban J connectivity index is 1.35. The molecular formula is C24H19N3O6. The number of carbonyl (C=O) groups is 2. The molecule has 2 amide bonds. The van der Waals surface area contributed by atoms with Gasteiger partial charge in [-0.3, -0.25) is 25.1 Å². The fourth-order valence-corrected chi connectivity index (χ4v) is 3.16. The van der Waals surface area contributed by atoms with Crippen LogP contribution < -0.4 is 19.9 Å². The van der Waals surface area contributed by atoms with Crippen molar-refractivity contribution in [1.82, 2.24) is 5.43 Å². The van der Waals surface area contributed by atoms with Crippen molar-refractivity contribution in [2.24, 2.45) is 0 Å². The van der Waals surface area contributed by atoms with E-state index < -0.39 is 16.7 Å². The minimum absolute atomic E-state index is 0.00847. The molecule has 0 bridgehead atoms. The maximum Gasteiger partial charge on any atom is 0.282 e. The molecule has 1 fully saturated rings. The Morgan fingerprint density at radius 3 is 2.27 bits per heavy atom. The molecule has 1 aliphatic rings. The van der Waals surface area contributed by atoms with E-state index in [-0.39, 0.29) is 24.5 Å². The molecule has 0 radical (unpaired) electrons. The second-order valence-corrected chi connectivity index (χ2v) is 7.00. The summed E-state index contributed by atoms with van der Waals surface area (Å²) in [6.45, 7) is 0.467. The number of nitro groups is 1. The molecule has 1 aliphatic heterocycles. The van der Waals surface area contributed by atoms with E-state index in [1.54, 1.807) is 48.5 Å². The molecule has 33 heavy (non-hydrogen) atoms. The molecule has 0 unspecified atom stereocenters. The van der Waals surface area contributed by atoms with Gasteiger partial charge in [0.15, 0.2) is 0 Å². The van der Waals surface area contributed by atoms with Gasteiger partial charge in [0, 0.05) is 12.1 Å². The Hall–Kier alpha value is -4.66. The van der Waals surface area contributed by atoms with Crippen molar-refractivity contribution < 1.29 is 24.0 Å². The fourth-order valence-electron chi connectivity index (χ4n) is 3.16. The fraction of sp³-hybridized carbons (Fsp3) is 0.0833. The lowest BCUT2D eigenvalue weighted by Crippen LogP contribution is -2.35. The first-order valence-corrected chi connectivity index (χ1v) is 10.0. The van der Waals surface area contributed by atoms with Crippen LogP contribution in [0.15, 0.2) is 84.4 Å². The normalized spacial score (nSPS) is 14.3. The van der Waals surface area contributed by atoms with Gasteiger partial charge < -0.3 is 9.47 Å². The number of amides is 2. The predicted octanol–water partition coefficient (Wildman–Crippen LogP) is 3.51.